The van der Waals surface area contributed by atoms with Gasteiger partial charge in [0, 0.05) is 21.7 Å². The Hall–Kier alpha value is 2.55. The Morgan fingerprint density at radius 3 is 1.11 bits per heavy atom. The summed E-state index contributed by atoms with van der Waals surface area (Å²) < 4.78 is 8.88. The molecule has 46 valence electrons. The Morgan fingerprint density at radius 1 is 1.11 bits per heavy atom. The molecule has 9 heteroatoms. The Morgan fingerprint density at radius 2 is 1.11 bits per heavy atom. The van der Waals surface area contributed by atoms with Crippen LogP contribution in [-0.2, 0) is 26.3 Å². The van der Waals surface area contributed by atoms with Crippen LogP contribution in [0, 0.1) is 0 Å². The normalized spacial score (nSPS) is 6.56. The smallest absolute Gasteiger partial charge is 1.00 e. The first kappa shape index (κ1) is 30.0. The Labute approximate surface area is 106 Å². The average molecular weight is 192 g/mol. The fraction of sp³-hybridized carbons (Fsp3) is 0. The van der Waals surface area contributed by atoms with Gasteiger partial charge in [-0.2, -0.15) is 0 Å². The van der Waals surface area contributed by atoms with Crippen LogP contribution in [-0.4, -0.2) is 32.0 Å². The summed E-state index contributed by atoms with van der Waals surface area (Å²) in [6.45, 7) is 0. The molecule has 0 aliphatic heterocycles. The number of rotatable bonds is 0. The van der Waals surface area contributed by atoms with Gasteiger partial charge in [0.1, 0.15) is 0 Å². The minimum absolute atomic E-state index is 0. The van der Waals surface area contributed by atoms with Crippen molar-refractivity contribution < 1.29 is 81.5 Å². The van der Waals surface area contributed by atoms with Crippen LogP contribution < -0.4 is 37.7 Å². The fourth-order valence-electron chi connectivity index (χ4n) is 0. The quantitative estimate of drug-likeness (QED) is 0.263. The van der Waals surface area contributed by atoms with Crippen molar-refractivity contribution in [2.24, 2.45) is 0 Å². The first-order chi connectivity index (χ1) is 2.00. The zero-order chi connectivity index (χ0) is 4.50. The van der Waals surface area contributed by atoms with Crippen LogP contribution in [0.1, 0.15) is 2.85 Å². The van der Waals surface area contributed by atoms with Gasteiger partial charge in [0.05, 0.1) is 0 Å². The molecule has 0 radical (unpaired) electrons. The maximum absolute atomic E-state index is 8.88. The van der Waals surface area contributed by atoms with E-state index in [4.69, 9.17) is 19.2 Å². The van der Waals surface area contributed by atoms with Gasteiger partial charge < -0.3 is 17.5 Å². The van der Waals surface area contributed by atoms with Crippen molar-refractivity contribution in [1.29, 1.82) is 0 Å². The van der Waals surface area contributed by atoms with Gasteiger partial charge in [-0.1, -0.05) is 0 Å². The summed E-state index contributed by atoms with van der Waals surface area (Å²) in [7, 11) is -4.64. The first-order valence-electron chi connectivity index (χ1n) is 0.783. The minimum atomic E-state index is -4.64. The van der Waals surface area contributed by atoms with Crippen molar-refractivity contribution in [2.75, 3.05) is 0 Å². The van der Waals surface area contributed by atoms with E-state index >= 15 is 0 Å². The van der Waals surface area contributed by atoms with E-state index in [0.29, 0.717) is 0 Å². The van der Waals surface area contributed by atoms with Crippen molar-refractivity contribution in [3.8, 4) is 0 Å². The van der Waals surface area contributed by atoms with Crippen molar-refractivity contribution in [2.45, 2.75) is 0 Å². The van der Waals surface area contributed by atoms with E-state index in [1.807, 2.05) is 0 Å². The number of phosphoric acid groups is 1. The molecule has 4 nitrogen and oxygen atoms in total. The molecule has 0 saturated heterocycles. The molecule has 0 aromatic carbocycles. The van der Waals surface area contributed by atoms with E-state index in [2.05, 4.69) is 0 Å². The van der Waals surface area contributed by atoms with Gasteiger partial charge in [-0.05, 0) is 0 Å². The summed E-state index contributed by atoms with van der Waals surface area (Å²) in [6.07, 6.45) is 0. The van der Waals surface area contributed by atoms with Gasteiger partial charge in [-0.25, -0.2) is 4.57 Å². The SMILES string of the molecule is O=P(O)(O)O.[AlH3].[H-].[H-].[Li+].[Li+].[Ti]. The van der Waals surface area contributed by atoms with Gasteiger partial charge in [-0.15, -0.1) is 0 Å². The summed E-state index contributed by atoms with van der Waals surface area (Å²) in [5, 5.41) is 0. The molecule has 0 rings (SSSR count). The van der Waals surface area contributed by atoms with Crippen LogP contribution in [0.2, 0.25) is 0 Å². The molecule has 0 heterocycles. The van der Waals surface area contributed by atoms with E-state index < -0.39 is 7.82 Å². The van der Waals surface area contributed by atoms with E-state index in [1.54, 1.807) is 0 Å². The van der Waals surface area contributed by atoms with E-state index in [-0.39, 0.29) is 79.7 Å². The summed E-state index contributed by atoms with van der Waals surface area (Å²) in [5.74, 6) is 0. The third kappa shape index (κ3) is 119. The van der Waals surface area contributed by atoms with Crippen molar-refractivity contribution >= 4 is 25.2 Å². The second kappa shape index (κ2) is 13.2. The van der Waals surface area contributed by atoms with E-state index in [0.717, 1.165) is 0 Å². The van der Waals surface area contributed by atoms with Gasteiger partial charge in [0.2, 0.25) is 0 Å². The summed E-state index contributed by atoms with van der Waals surface area (Å²) in [5.41, 5.74) is 0. The number of hydrogen-bond donors (Lipinski definition) is 3. The van der Waals surface area contributed by atoms with Crippen LogP contribution in [0.3, 0.4) is 0 Å². The molecule has 0 aliphatic rings. The second-order valence-electron chi connectivity index (χ2n) is 0.513. The maximum atomic E-state index is 8.88. The third-order valence-corrected chi connectivity index (χ3v) is 0. The van der Waals surface area contributed by atoms with E-state index in [1.165, 1.54) is 0 Å². The molecule has 0 fully saturated rings. The maximum Gasteiger partial charge on any atom is 1.00 e. The Balaban J connectivity index is -0.00000000533. The molecular formula is H8AlLi2O4PTi. The molecule has 0 bridgehead atoms. The van der Waals surface area contributed by atoms with Crippen LogP contribution in [0.4, 0.5) is 0 Å². The van der Waals surface area contributed by atoms with Crippen LogP contribution >= 0.6 is 7.82 Å². The summed E-state index contributed by atoms with van der Waals surface area (Å²) in [4.78, 5) is 21.6. The van der Waals surface area contributed by atoms with Gasteiger partial charge in [0.25, 0.3) is 0 Å². The second-order valence-corrected chi connectivity index (χ2v) is 1.54. The molecule has 0 aromatic rings. The van der Waals surface area contributed by atoms with Crippen LogP contribution in [0.5, 0.6) is 0 Å². The minimum Gasteiger partial charge on any atom is -1.00 e. The van der Waals surface area contributed by atoms with E-state index in [9.17, 15) is 0 Å². The van der Waals surface area contributed by atoms with Gasteiger partial charge >= 0.3 is 45.5 Å². The Kier molecular flexibility index (Phi) is 43.8. The van der Waals surface area contributed by atoms with Crippen LogP contribution in [0.25, 0.3) is 0 Å². The molecule has 9 heavy (non-hydrogen) atoms. The Bertz CT molecular complexity index is 72.2. The van der Waals surface area contributed by atoms with Crippen molar-refractivity contribution in [1.82, 2.24) is 0 Å². The first-order valence-corrected chi connectivity index (χ1v) is 2.35. The van der Waals surface area contributed by atoms with Crippen LogP contribution in [0.15, 0.2) is 0 Å². The van der Waals surface area contributed by atoms with Gasteiger partial charge in [-0.3, -0.25) is 0 Å². The predicted octanol–water partition coefficient (Wildman–Crippen LogP) is -7.88. The molecule has 0 atom stereocenters. The third-order valence-electron chi connectivity index (χ3n) is 0. The molecule has 0 aromatic heterocycles. The molecule has 0 aliphatic carbocycles. The zero-order valence-electron chi connectivity index (χ0n) is 6.70. The monoisotopic (exact) mass is 192 g/mol. The largest absolute Gasteiger partial charge is 1.00 e. The standard InChI is InChI=1S/Al.2Li.H3O4P.Ti.5H/c;;;1-5(2,3)4;;;;;;/h;;;(H3,1,2,3,4);;;;;;/q;2*+1;;;;;;2*-1. The number of hydrogen-bond acceptors (Lipinski definition) is 1. The van der Waals surface area contributed by atoms with Crippen molar-refractivity contribution in [3.63, 3.8) is 0 Å². The topological polar surface area (TPSA) is 77.8 Å². The van der Waals surface area contributed by atoms with Gasteiger partial charge in [0.15, 0.2) is 17.4 Å². The summed E-state index contributed by atoms with van der Waals surface area (Å²) in [6, 6.07) is 0. The molecular weight excluding hydrogens is 184 g/mol. The molecule has 0 spiro atoms. The predicted molar refractivity (Wildman–Crippen MR) is 26.4 cm³/mol. The summed E-state index contributed by atoms with van der Waals surface area (Å²) >= 11 is 0. The fourth-order valence-corrected chi connectivity index (χ4v) is 0. The molecule has 3 N–H and O–H groups in total. The zero-order valence-corrected chi connectivity index (χ0v) is 7.15. The molecule has 0 saturated carbocycles. The average Bonchev–Trinajstić information content (AvgIpc) is 0.722. The van der Waals surface area contributed by atoms with Crippen molar-refractivity contribution in [3.05, 3.63) is 0 Å². The molecule has 0 amide bonds. The molecule has 0 unspecified atom stereocenters.